The normalized spacial score (nSPS) is 23.2. The van der Waals surface area contributed by atoms with Crippen molar-refractivity contribution < 1.29 is 13.2 Å². The molecule has 2 N–H and O–H groups in total. The molecule has 2 atom stereocenters. The van der Waals surface area contributed by atoms with Crippen molar-refractivity contribution in [2.75, 3.05) is 45.6 Å². The first-order valence-corrected chi connectivity index (χ1v) is 14.0. The van der Waals surface area contributed by atoms with E-state index >= 15 is 0 Å². The highest BCUT2D eigenvalue weighted by Crippen LogP contribution is 2.32. The molecule has 196 valence electrons. The number of nitrogens with zero attached hydrogens (tertiary/aromatic N) is 4. The van der Waals surface area contributed by atoms with Gasteiger partial charge < -0.3 is 25.3 Å². The topological polar surface area (TPSA) is 88.2 Å². The van der Waals surface area contributed by atoms with Crippen molar-refractivity contribution >= 4 is 21.6 Å². The van der Waals surface area contributed by atoms with Gasteiger partial charge in [0.2, 0.25) is 15.9 Å². The molecule has 0 aliphatic carbocycles. The zero-order valence-corrected chi connectivity index (χ0v) is 22.3. The summed E-state index contributed by atoms with van der Waals surface area (Å²) in [4.78, 5) is 19.2. The van der Waals surface area contributed by atoms with Crippen LogP contribution < -0.4 is 10.6 Å². The van der Waals surface area contributed by atoms with Gasteiger partial charge >= 0.3 is 0 Å². The van der Waals surface area contributed by atoms with Crippen LogP contribution in [-0.2, 0) is 21.4 Å². The third-order valence-corrected chi connectivity index (χ3v) is 9.20. The Labute approximate surface area is 219 Å². The Morgan fingerprint density at radius 2 is 1.62 bits per heavy atom. The SMILES string of the molecule is CC1C(=O)N(C)C2=CNC(Nc3ccc(S(=O)(=O)N4CCN(C)CC4)cc3)C=C2N1Cc1ccccc1. The van der Waals surface area contributed by atoms with Crippen LogP contribution in [0.2, 0.25) is 0 Å². The van der Waals surface area contributed by atoms with E-state index in [1.165, 1.54) is 0 Å². The highest BCUT2D eigenvalue weighted by Gasteiger charge is 2.37. The van der Waals surface area contributed by atoms with E-state index in [0.29, 0.717) is 24.5 Å². The van der Waals surface area contributed by atoms with Crippen LogP contribution in [0.1, 0.15) is 12.5 Å². The van der Waals surface area contributed by atoms with Gasteiger partial charge in [-0.2, -0.15) is 4.31 Å². The van der Waals surface area contributed by atoms with Crippen LogP contribution in [0.5, 0.6) is 0 Å². The van der Waals surface area contributed by atoms with Crippen molar-refractivity contribution in [2.45, 2.75) is 30.6 Å². The zero-order chi connectivity index (χ0) is 26.2. The lowest BCUT2D eigenvalue weighted by atomic mass is 10.0. The molecule has 5 rings (SSSR count). The molecular formula is C27H34N6O3S. The number of amides is 1. The van der Waals surface area contributed by atoms with E-state index in [2.05, 4.69) is 38.6 Å². The average Bonchev–Trinajstić information content (AvgIpc) is 2.91. The number of fused-ring (bicyclic) bond motifs is 1. The second kappa shape index (κ2) is 10.2. The summed E-state index contributed by atoms with van der Waals surface area (Å²) in [5, 5.41) is 6.74. The van der Waals surface area contributed by atoms with Crippen LogP contribution in [0.4, 0.5) is 5.69 Å². The van der Waals surface area contributed by atoms with E-state index < -0.39 is 10.0 Å². The molecule has 0 saturated carbocycles. The number of hydrogen-bond donors (Lipinski definition) is 2. The number of carbonyl (C=O) groups is 1. The van der Waals surface area contributed by atoms with E-state index in [-0.39, 0.29) is 18.1 Å². The Kier molecular flexibility index (Phi) is 6.98. The molecule has 0 radical (unpaired) electrons. The third-order valence-electron chi connectivity index (χ3n) is 7.29. The summed E-state index contributed by atoms with van der Waals surface area (Å²) in [6.07, 6.45) is 3.71. The summed E-state index contributed by atoms with van der Waals surface area (Å²) < 4.78 is 27.6. The molecule has 1 amide bonds. The fraction of sp³-hybridized carbons (Fsp3) is 0.370. The Balaban J connectivity index is 1.33. The summed E-state index contributed by atoms with van der Waals surface area (Å²) in [5.41, 5.74) is 3.73. The van der Waals surface area contributed by atoms with Crippen molar-refractivity contribution in [1.29, 1.82) is 0 Å². The first kappa shape index (κ1) is 25.3. The minimum absolute atomic E-state index is 0.0460. The maximum atomic E-state index is 13.0. The minimum atomic E-state index is -3.51. The molecule has 9 nitrogen and oxygen atoms in total. The molecule has 2 aromatic carbocycles. The predicted molar refractivity (Wildman–Crippen MR) is 144 cm³/mol. The lowest BCUT2D eigenvalue weighted by Crippen LogP contribution is -2.53. The Hall–Kier alpha value is -3.34. The lowest BCUT2D eigenvalue weighted by Gasteiger charge is -2.44. The summed E-state index contributed by atoms with van der Waals surface area (Å²) in [6, 6.07) is 16.7. The van der Waals surface area contributed by atoms with E-state index in [0.717, 1.165) is 35.7 Å². The molecule has 37 heavy (non-hydrogen) atoms. The lowest BCUT2D eigenvalue weighted by molar-refractivity contribution is -0.135. The Morgan fingerprint density at radius 3 is 2.30 bits per heavy atom. The Bertz CT molecular complexity index is 1300. The van der Waals surface area contributed by atoms with Gasteiger partial charge in [-0.15, -0.1) is 0 Å². The van der Waals surface area contributed by atoms with Crippen LogP contribution in [0.15, 0.2) is 83.2 Å². The van der Waals surface area contributed by atoms with E-state index in [9.17, 15) is 13.2 Å². The molecule has 3 aliphatic rings. The summed E-state index contributed by atoms with van der Waals surface area (Å²) in [6.45, 7) is 5.03. The molecule has 10 heteroatoms. The number of piperazine rings is 2. The summed E-state index contributed by atoms with van der Waals surface area (Å²) in [5.74, 6) is 0.0460. The maximum absolute atomic E-state index is 13.0. The van der Waals surface area contributed by atoms with Crippen LogP contribution in [0.25, 0.3) is 0 Å². The van der Waals surface area contributed by atoms with Crippen molar-refractivity contribution in [3.8, 4) is 0 Å². The third kappa shape index (κ3) is 5.09. The van der Waals surface area contributed by atoms with Gasteiger partial charge in [-0.1, -0.05) is 30.3 Å². The van der Waals surface area contributed by atoms with Gasteiger partial charge in [-0.25, -0.2) is 8.42 Å². The number of sulfonamides is 1. The minimum Gasteiger partial charge on any atom is -0.366 e. The quantitative estimate of drug-likeness (QED) is 0.601. The van der Waals surface area contributed by atoms with Gasteiger partial charge in [0, 0.05) is 51.7 Å². The second-order valence-electron chi connectivity index (χ2n) is 9.79. The van der Waals surface area contributed by atoms with E-state index in [4.69, 9.17) is 0 Å². The zero-order valence-electron chi connectivity index (χ0n) is 21.5. The van der Waals surface area contributed by atoms with Crippen molar-refractivity contribution in [3.05, 3.63) is 83.8 Å². The number of nitrogens with one attached hydrogen (secondary N) is 2. The summed E-state index contributed by atoms with van der Waals surface area (Å²) in [7, 11) is 0.293. The molecule has 0 spiro atoms. The summed E-state index contributed by atoms with van der Waals surface area (Å²) >= 11 is 0. The Morgan fingerprint density at radius 1 is 0.946 bits per heavy atom. The van der Waals surface area contributed by atoms with Crippen LogP contribution >= 0.6 is 0 Å². The number of dihydropyridines is 1. The van der Waals surface area contributed by atoms with Gasteiger partial charge in [-0.3, -0.25) is 4.79 Å². The fourth-order valence-corrected chi connectivity index (χ4v) is 6.37. The van der Waals surface area contributed by atoms with E-state index in [1.807, 2.05) is 38.4 Å². The number of benzene rings is 2. The van der Waals surface area contributed by atoms with Crippen LogP contribution in [-0.4, -0.2) is 85.8 Å². The average molecular weight is 523 g/mol. The molecule has 2 unspecified atom stereocenters. The highest BCUT2D eigenvalue weighted by molar-refractivity contribution is 7.89. The first-order chi connectivity index (χ1) is 17.7. The second-order valence-corrected chi connectivity index (χ2v) is 11.7. The number of likely N-dealkylation sites (N-methyl/N-ethyl adjacent to an activating group) is 2. The van der Waals surface area contributed by atoms with Crippen LogP contribution in [0, 0.1) is 0 Å². The van der Waals surface area contributed by atoms with Crippen molar-refractivity contribution in [3.63, 3.8) is 0 Å². The van der Waals surface area contributed by atoms with Crippen molar-refractivity contribution in [1.82, 2.24) is 24.3 Å². The molecule has 3 heterocycles. The maximum Gasteiger partial charge on any atom is 0.249 e. The van der Waals surface area contributed by atoms with Crippen molar-refractivity contribution in [2.24, 2.45) is 0 Å². The van der Waals surface area contributed by atoms with Gasteiger partial charge in [0.15, 0.2) is 0 Å². The van der Waals surface area contributed by atoms with E-state index in [1.54, 1.807) is 40.5 Å². The fourth-order valence-electron chi connectivity index (χ4n) is 4.95. The monoisotopic (exact) mass is 522 g/mol. The van der Waals surface area contributed by atoms with Gasteiger partial charge in [0.25, 0.3) is 0 Å². The largest absolute Gasteiger partial charge is 0.366 e. The molecular weight excluding hydrogens is 488 g/mol. The molecule has 2 saturated heterocycles. The number of hydrogen-bond acceptors (Lipinski definition) is 7. The number of carbonyl (C=O) groups excluding carboxylic acids is 1. The standard InChI is InChI=1S/C27H34N6O3S/c1-20-27(34)31(3)25-18-28-26(17-24(25)33(20)19-21-7-5-4-6-8-21)29-22-9-11-23(12-10-22)37(35,36)32-15-13-30(2)14-16-32/h4-12,17-18,20,26,28-29H,13-16,19H2,1-3H3. The highest BCUT2D eigenvalue weighted by atomic mass is 32.2. The molecule has 3 aliphatic heterocycles. The van der Waals surface area contributed by atoms with Crippen LogP contribution in [0.3, 0.4) is 0 Å². The smallest absolute Gasteiger partial charge is 0.249 e. The number of rotatable bonds is 6. The molecule has 0 aromatic heterocycles. The first-order valence-electron chi connectivity index (χ1n) is 12.6. The number of anilines is 1. The molecule has 0 bridgehead atoms. The van der Waals surface area contributed by atoms with Gasteiger partial charge in [-0.05, 0) is 49.9 Å². The van der Waals surface area contributed by atoms with Gasteiger partial charge in [0.1, 0.15) is 12.2 Å². The van der Waals surface area contributed by atoms with Gasteiger partial charge in [0.05, 0.1) is 16.3 Å². The molecule has 2 fully saturated rings. The molecule has 2 aromatic rings. The predicted octanol–water partition coefficient (Wildman–Crippen LogP) is 2.05.